The number of hydrogen-bond acceptors (Lipinski definition) is 4. The fourth-order valence-electron chi connectivity index (χ4n) is 4.64. The highest BCUT2D eigenvalue weighted by molar-refractivity contribution is 7.88. The van der Waals surface area contributed by atoms with Gasteiger partial charge in [-0.2, -0.15) is 0 Å². The van der Waals surface area contributed by atoms with Crippen LogP contribution in [0.25, 0.3) is 11.1 Å². The van der Waals surface area contributed by atoms with Gasteiger partial charge < -0.3 is 9.64 Å². The number of nitrogens with one attached hydrogen (secondary N) is 1. The van der Waals surface area contributed by atoms with E-state index in [9.17, 15) is 22.0 Å². The zero-order chi connectivity index (χ0) is 23.0. The van der Waals surface area contributed by atoms with Crippen molar-refractivity contribution in [3.63, 3.8) is 0 Å². The summed E-state index contributed by atoms with van der Waals surface area (Å²) in [6.45, 7) is 0.642. The van der Waals surface area contributed by atoms with Gasteiger partial charge >= 0.3 is 0 Å². The zero-order valence-electron chi connectivity index (χ0n) is 17.9. The van der Waals surface area contributed by atoms with Crippen LogP contribution >= 0.6 is 0 Å². The van der Waals surface area contributed by atoms with E-state index in [1.165, 1.54) is 25.3 Å². The van der Waals surface area contributed by atoms with Crippen molar-refractivity contribution in [3.05, 3.63) is 59.7 Å². The summed E-state index contributed by atoms with van der Waals surface area (Å²) in [5, 5.41) is 0. The van der Waals surface area contributed by atoms with E-state index in [0.29, 0.717) is 24.9 Å². The summed E-state index contributed by atoms with van der Waals surface area (Å²) in [6.07, 6.45) is 1.87. The third kappa shape index (κ3) is 4.84. The largest absolute Gasteiger partial charge is 0.380 e. The fourth-order valence-corrected chi connectivity index (χ4v) is 5.42. The maximum atomic E-state index is 14.4. The van der Waals surface area contributed by atoms with Crippen LogP contribution in [0.1, 0.15) is 24.3 Å². The van der Waals surface area contributed by atoms with Crippen molar-refractivity contribution in [2.24, 2.45) is 5.92 Å². The van der Waals surface area contributed by atoms with Gasteiger partial charge in [0.15, 0.2) is 0 Å². The van der Waals surface area contributed by atoms with Gasteiger partial charge in [-0.1, -0.05) is 30.3 Å². The minimum absolute atomic E-state index is 0.0870. The van der Waals surface area contributed by atoms with Crippen molar-refractivity contribution in [1.82, 2.24) is 9.62 Å². The molecule has 1 heterocycles. The first-order valence-corrected chi connectivity index (χ1v) is 12.4. The lowest BCUT2D eigenvalue weighted by atomic mass is 9.95. The number of rotatable bonds is 6. The maximum Gasteiger partial charge on any atom is 0.226 e. The molecular formula is C23H26F2N2O4S. The van der Waals surface area contributed by atoms with E-state index in [1.807, 2.05) is 0 Å². The summed E-state index contributed by atoms with van der Waals surface area (Å²) in [5.41, 5.74) is 1.10. The third-order valence-electron chi connectivity index (χ3n) is 6.14. The van der Waals surface area contributed by atoms with Crippen LogP contribution in [-0.4, -0.2) is 57.8 Å². The van der Waals surface area contributed by atoms with Crippen LogP contribution in [0.15, 0.2) is 42.5 Å². The fraction of sp³-hybridized carbons (Fsp3) is 0.435. The topological polar surface area (TPSA) is 75.7 Å². The SMILES string of the molecule is CO[C@H]1C[C@H](NS(C)(=O)=O)CN(C(=O)[C@@H]2C[C@H]2c2ccccc2-c2c(F)cccc2F)C1. The predicted molar refractivity (Wildman–Crippen MR) is 116 cm³/mol. The van der Waals surface area contributed by atoms with Gasteiger partial charge in [0.2, 0.25) is 15.9 Å². The predicted octanol–water partition coefficient (Wildman–Crippen LogP) is 2.90. The average Bonchev–Trinajstić information content (AvgIpc) is 3.52. The van der Waals surface area contributed by atoms with Crippen molar-refractivity contribution in [3.8, 4) is 11.1 Å². The van der Waals surface area contributed by atoms with Crippen LogP contribution in [0.4, 0.5) is 8.78 Å². The van der Waals surface area contributed by atoms with Crippen molar-refractivity contribution >= 4 is 15.9 Å². The number of hydrogen-bond donors (Lipinski definition) is 1. The van der Waals surface area contributed by atoms with Gasteiger partial charge in [-0.3, -0.25) is 4.79 Å². The van der Waals surface area contributed by atoms with Gasteiger partial charge in [-0.25, -0.2) is 21.9 Å². The van der Waals surface area contributed by atoms with Crippen LogP contribution in [0.5, 0.6) is 0 Å². The Morgan fingerprint density at radius 3 is 2.41 bits per heavy atom. The molecule has 2 aliphatic rings. The van der Waals surface area contributed by atoms with Gasteiger partial charge in [-0.15, -0.1) is 0 Å². The number of piperidine rings is 1. The number of halogens is 2. The van der Waals surface area contributed by atoms with Gasteiger partial charge in [-0.05, 0) is 42.0 Å². The minimum Gasteiger partial charge on any atom is -0.380 e. The van der Waals surface area contributed by atoms with Crippen LogP contribution in [0.3, 0.4) is 0 Å². The number of carbonyl (C=O) groups excluding carboxylic acids is 1. The van der Waals surface area contributed by atoms with Gasteiger partial charge in [0.1, 0.15) is 11.6 Å². The number of methoxy groups -OCH3 is 1. The Hall–Kier alpha value is -2.36. The molecule has 6 nitrogen and oxygen atoms in total. The monoisotopic (exact) mass is 464 g/mol. The Labute approximate surface area is 186 Å². The summed E-state index contributed by atoms with van der Waals surface area (Å²) < 4.78 is 60.2. The first-order chi connectivity index (χ1) is 15.2. The first kappa shape index (κ1) is 22.8. The molecule has 1 aliphatic heterocycles. The van der Waals surface area contributed by atoms with Crippen molar-refractivity contribution in [1.29, 1.82) is 0 Å². The van der Waals surface area contributed by atoms with E-state index in [4.69, 9.17) is 4.74 Å². The molecule has 0 bridgehead atoms. The molecule has 1 amide bonds. The molecule has 0 aromatic heterocycles. The molecule has 172 valence electrons. The van der Waals surface area contributed by atoms with E-state index in [1.54, 1.807) is 29.2 Å². The third-order valence-corrected chi connectivity index (χ3v) is 6.90. The van der Waals surface area contributed by atoms with Crippen molar-refractivity contribution in [2.75, 3.05) is 26.5 Å². The van der Waals surface area contributed by atoms with E-state index in [0.717, 1.165) is 11.8 Å². The van der Waals surface area contributed by atoms with Crippen LogP contribution in [0, 0.1) is 17.6 Å². The first-order valence-electron chi connectivity index (χ1n) is 10.5. The van der Waals surface area contributed by atoms with Crippen molar-refractivity contribution in [2.45, 2.75) is 30.9 Å². The van der Waals surface area contributed by atoms with Crippen LogP contribution in [-0.2, 0) is 19.6 Å². The van der Waals surface area contributed by atoms with Crippen LogP contribution in [0.2, 0.25) is 0 Å². The molecule has 1 N–H and O–H groups in total. The molecule has 1 saturated carbocycles. The maximum absolute atomic E-state index is 14.4. The Bertz CT molecular complexity index is 1100. The molecule has 32 heavy (non-hydrogen) atoms. The molecule has 4 rings (SSSR count). The molecule has 2 fully saturated rings. The highest BCUT2D eigenvalue weighted by Gasteiger charge is 2.48. The van der Waals surface area contributed by atoms with E-state index < -0.39 is 27.7 Å². The quantitative estimate of drug-likeness (QED) is 0.713. The Kier molecular flexibility index (Phi) is 6.33. The lowest BCUT2D eigenvalue weighted by Gasteiger charge is -2.37. The molecular weight excluding hydrogens is 438 g/mol. The minimum atomic E-state index is -3.42. The summed E-state index contributed by atoms with van der Waals surface area (Å²) in [5.74, 6) is -1.85. The highest BCUT2D eigenvalue weighted by atomic mass is 32.2. The second kappa shape index (κ2) is 8.88. The molecule has 1 aliphatic carbocycles. The highest BCUT2D eigenvalue weighted by Crippen LogP contribution is 2.51. The standard InChI is InChI=1S/C23H26F2N2O4S/c1-31-15-10-14(26-32(2,29)30)12-27(13-15)23(28)19-11-18(19)16-6-3-4-7-17(16)22-20(24)8-5-9-21(22)25/h3-9,14-15,18-19,26H,10-13H2,1-2H3/t14-,15-,18-,19+/m0/s1. The number of carbonyl (C=O) groups is 1. The van der Waals surface area contributed by atoms with Crippen LogP contribution < -0.4 is 4.72 Å². The number of likely N-dealkylation sites (tertiary alicyclic amines) is 1. The van der Waals surface area contributed by atoms with Gasteiger partial charge in [0, 0.05) is 32.2 Å². The molecule has 0 spiro atoms. The van der Waals surface area contributed by atoms with E-state index in [-0.39, 0.29) is 36.0 Å². The number of nitrogens with zero attached hydrogens (tertiary/aromatic N) is 1. The molecule has 9 heteroatoms. The molecule has 2 aromatic rings. The Balaban J connectivity index is 1.54. The lowest BCUT2D eigenvalue weighted by Crippen LogP contribution is -2.54. The Morgan fingerprint density at radius 1 is 1.06 bits per heavy atom. The second-order valence-electron chi connectivity index (χ2n) is 8.56. The average molecular weight is 465 g/mol. The zero-order valence-corrected chi connectivity index (χ0v) is 18.7. The number of benzene rings is 2. The molecule has 2 aromatic carbocycles. The lowest BCUT2D eigenvalue weighted by molar-refractivity contribution is -0.136. The molecule has 0 unspecified atom stereocenters. The molecule has 0 radical (unpaired) electrons. The summed E-state index contributed by atoms with van der Waals surface area (Å²) in [4.78, 5) is 14.9. The number of ether oxygens (including phenoxy) is 1. The van der Waals surface area contributed by atoms with Gasteiger partial charge in [0.05, 0.1) is 17.9 Å². The molecule has 4 atom stereocenters. The van der Waals surface area contributed by atoms with E-state index >= 15 is 0 Å². The van der Waals surface area contributed by atoms with Crippen molar-refractivity contribution < 1.29 is 26.7 Å². The number of sulfonamides is 1. The number of amides is 1. The molecule has 1 saturated heterocycles. The van der Waals surface area contributed by atoms with Gasteiger partial charge in [0.25, 0.3) is 0 Å². The Morgan fingerprint density at radius 2 is 1.75 bits per heavy atom. The summed E-state index contributed by atoms with van der Waals surface area (Å²) >= 11 is 0. The normalized spacial score (nSPS) is 25.6. The van der Waals surface area contributed by atoms with E-state index in [2.05, 4.69) is 4.72 Å². The summed E-state index contributed by atoms with van der Waals surface area (Å²) in [7, 11) is -1.88. The summed E-state index contributed by atoms with van der Waals surface area (Å²) in [6, 6.07) is 10.3. The second-order valence-corrected chi connectivity index (χ2v) is 10.3. The smallest absolute Gasteiger partial charge is 0.226 e.